The highest BCUT2D eigenvalue weighted by Gasteiger charge is 2.22. The van der Waals surface area contributed by atoms with Crippen molar-refractivity contribution in [3.63, 3.8) is 0 Å². The molecule has 0 radical (unpaired) electrons. The lowest BCUT2D eigenvalue weighted by Crippen LogP contribution is -2.47. The van der Waals surface area contributed by atoms with Gasteiger partial charge in [0.25, 0.3) is 5.91 Å². The molecule has 2 amide bonds. The molecule has 1 fully saturated rings. The number of hydrogen-bond acceptors (Lipinski definition) is 5. The summed E-state index contributed by atoms with van der Waals surface area (Å²) in [5.74, 6) is -0.0435. The topological polar surface area (TPSA) is 97.3 Å². The zero-order valence-corrected chi connectivity index (χ0v) is 14.5. The number of amides is 2. The molecule has 3 N–H and O–H groups in total. The van der Waals surface area contributed by atoms with Gasteiger partial charge in [0.2, 0.25) is 5.91 Å². The molecule has 1 saturated heterocycles. The summed E-state index contributed by atoms with van der Waals surface area (Å²) in [6, 6.07) is 6.93. The van der Waals surface area contributed by atoms with Crippen LogP contribution in [-0.4, -0.2) is 48.9 Å². The molecular weight excluding hydrogens is 318 g/mol. The second-order valence-corrected chi connectivity index (χ2v) is 6.19. The van der Waals surface area contributed by atoms with E-state index in [9.17, 15) is 9.59 Å². The summed E-state index contributed by atoms with van der Waals surface area (Å²) in [5, 5.41) is 17.0. The average molecular weight is 343 g/mol. The van der Waals surface area contributed by atoms with E-state index < -0.39 is 0 Å². The normalized spacial score (nSPS) is 15.2. The van der Waals surface area contributed by atoms with Gasteiger partial charge in [-0.2, -0.15) is 5.26 Å². The van der Waals surface area contributed by atoms with Crippen LogP contribution in [0.15, 0.2) is 24.3 Å². The summed E-state index contributed by atoms with van der Waals surface area (Å²) in [6.45, 7) is 4.77. The van der Waals surface area contributed by atoms with E-state index in [0.29, 0.717) is 24.3 Å². The van der Waals surface area contributed by atoms with Crippen LogP contribution in [0.4, 0.5) is 5.69 Å². The molecule has 25 heavy (non-hydrogen) atoms. The minimum Gasteiger partial charge on any atom is -0.355 e. The van der Waals surface area contributed by atoms with E-state index >= 15 is 0 Å². The third-order valence-electron chi connectivity index (χ3n) is 4.21. The summed E-state index contributed by atoms with van der Waals surface area (Å²) in [7, 11) is 0. The van der Waals surface area contributed by atoms with Crippen LogP contribution in [-0.2, 0) is 4.79 Å². The number of nitrogens with zero attached hydrogens (tertiary/aromatic N) is 2. The van der Waals surface area contributed by atoms with Crippen LogP contribution in [0.1, 0.15) is 36.5 Å². The Bertz CT molecular complexity index is 615. The van der Waals surface area contributed by atoms with Crippen molar-refractivity contribution in [2.45, 2.75) is 32.2 Å². The standard InChI is InChI=1S/C18H25N5O2/c1-2-9-20-17(24)12-23-10-7-16(8-11-23)22-18(25)14-3-5-15(6-4-14)21-13-19/h3-6,16,21H,2,7-12H2,1H3,(H,20,24)(H,22,25). The van der Waals surface area contributed by atoms with Crippen LogP contribution >= 0.6 is 0 Å². The Morgan fingerprint density at radius 2 is 1.92 bits per heavy atom. The molecule has 1 aromatic rings. The molecule has 0 aromatic heterocycles. The van der Waals surface area contributed by atoms with Gasteiger partial charge >= 0.3 is 0 Å². The van der Waals surface area contributed by atoms with Crippen LogP contribution in [0.2, 0.25) is 0 Å². The average Bonchev–Trinajstić information content (AvgIpc) is 2.62. The minimum atomic E-state index is -0.109. The van der Waals surface area contributed by atoms with Gasteiger partial charge in [-0.1, -0.05) is 6.92 Å². The van der Waals surface area contributed by atoms with Gasteiger partial charge < -0.3 is 10.6 Å². The van der Waals surface area contributed by atoms with E-state index in [1.54, 1.807) is 24.3 Å². The van der Waals surface area contributed by atoms with Gasteiger partial charge in [0.1, 0.15) is 0 Å². The highest BCUT2D eigenvalue weighted by Crippen LogP contribution is 2.13. The number of nitrogens with one attached hydrogen (secondary N) is 3. The molecule has 1 aliphatic rings. The first kappa shape index (κ1) is 18.7. The predicted octanol–water partition coefficient (Wildman–Crippen LogP) is 1.30. The largest absolute Gasteiger partial charge is 0.355 e. The molecule has 134 valence electrons. The lowest BCUT2D eigenvalue weighted by atomic mass is 10.0. The third kappa shape index (κ3) is 6.08. The molecule has 7 heteroatoms. The number of rotatable bonds is 7. The lowest BCUT2D eigenvalue weighted by Gasteiger charge is -2.31. The number of carbonyl (C=O) groups is 2. The Hall–Kier alpha value is -2.59. The smallest absolute Gasteiger partial charge is 0.251 e. The maximum Gasteiger partial charge on any atom is 0.251 e. The van der Waals surface area contributed by atoms with E-state index in [1.807, 2.05) is 13.1 Å². The second-order valence-electron chi connectivity index (χ2n) is 6.19. The van der Waals surface area contributed by atoms with Crippen molar-refractivity contribution in [3.05, 3.63) is 29.8 Å². The molecule has 1 aliphatic heterocycles. The fraction of sp³-hybridized carbons (Fsp3) is 0.500. The summed E-state index contributed by atoms with van der Waals surface area (Å²) >= 11 is 0. The number of anilines is 1. The van der Waals surface area contributed by atoms with E-state index in [-0.39, 0.29) is 17.9 Å². The first-order chi connectivity index (χ1) is 12.1. The summed E-state index contributed by atoms with van der Waals surface area (Å²) < 4.78 is 0. The Kier molecular flexibility index (Phi) is 7.23. The van der Waals surface area contributed by atoms with Gasteiger partial charge in [-0.15, -0.1) is 0 Å². The molecule has 0 unspecified atom stereocenters. The summed E-state index contributed by atoms with van der Waals surface area (Å²) in [6.07, 6.45) is 4.45. The van der Waals surface area contributed by atoms with Crippen molar-refractivity contribution >= 4 is 17.5 Å². The fourth-order valence-electron chi connectivity index (χ4n) is 2.80. The van der Waals surface area contributed by atoms with Crippen molar-refractivity contribution < 1.29 is 9.59 Å². The molecule has 0 atom stereocenters. The Labute approximate surface area is 148 Å². The number of hydrogen-bond donors (Lipinski definition) is 3. The van der Waals surface area contributed by atoms with Crippen LogP contribution in [0.5, 0.6) is 0 Å². The van der Waals surface area contributed by atoms with Gasteiger partial charge in [0, 0.05) is 36.9 Å². The van der Waals surface area contributed by atoms with Crippen molar-refractivity contribution in [2.75, 3.05) is 31.5 Å². The van der Waals surface area contributed by atoms with Crippen molar-refractivity contribution in [2.24, 2.45) is 0 Å². The van der Waals surface area contributed by atoms with Crippen LogP contribution < -0.4 is 16.0 Å². The van der Waals surface area contributed by atoms with Gasteiger partial charge in [-0.25, -0.2) is 0 Å². The highest BCUT2D eigenvalue weighted by atomic mass is 16.2. The van der Waals surface area contributed by atoms with E-state index in [4.69, 9.17) is 5.26 Å². The maximum absolute atomic E-state index is 12.3. The second kappa shape index (κ2) is 9.64. The third-order valence-corrected chi connectivity index (χ3v) is 4.21. The molecule has 7 nitrogen and oxygen atoms in total. The number of likely N-dealkylation sites (tertiary alicyclic amines) is 1. The lowest BCUT2D eigenvalue weighted by molar-refractivity contribution is -0.122. The number of nitriles is 1. The summed E-state index contributed by atoms with van der Waals surface area (Å²) in [5.41, 5.74) is 1.23. The van der Waals surface area contributed by atoms with Gasteiger partial charge in [-0.05, 0) is 43.5 Å². The molecule has 1 heterocycles. The van der Waals surface area contributed by atoms with Crippen LogP contribution in [0.3, 0.4) is 0 Å². The van der Waals surface area contributed by atoms with Crippen LogP contribution in [0.25, 0.3) is 0 Å². The first-order valence-corrected chi connectivity index (χ1v) is 8.67. The van der Waals surface area contributed by atoms with Crippen molar-refractivity contribution in [1.82, 2.24) is 15.5 Å². The molecule has 0 spiro atoms. The molecule has 0 aliphatic carbocycles. The highest BCUT2D eigenvalue weighted by molar-refractivity contribution is 5.94. The first-order valence-electron chi connectivity index (χ1n) is 8.67. The molecule has 1 aromatic carbocycles. The Morgan fingerprint density at radius 3 is 2.52 bits per heavy atom. The van der Waals surface area contributed by atoms with E-state index in [1.165, 1.54) is 0 Å². The van der Waals surface area contributed by atoms with Crippen LogP contribution in [0, 0.1) is 11.5 Å². The quantitative estimate of drug-likeness (QED) is 0.512. The van der Waals surface area contributed by atoms with Gasteiger partial charge in [0.05, 0.1) is 6.54 Å². The van der Waals surface area contributed by atoms with Gasteiger partial charge in [0.15, 0.2) is 6.19 Å². The Morgan fingerprint density at radius 1 is 1.24 bits per heavy atom. The van der Waals surface area contributed by atoms with E-state index in [2.05, 4.69) is 20.9 Å². The zero-order valence-electron chi connectivity index (χ0n) is 14.5. The monoisotopic (exact) mass is 343 g/mol. The predicted molar refractivity (Wildman–Crippen MR) is 95.9 cm³/mol. The molecule has 2 rings (SSSR count). The minimum absolute atomic E-state index is 0.0652. The van der Waals surface area contributed by atoms with Crippen molar-refractivity contribution in [3.8, 4) is 6.19 Å². The number of carbonyl (C=O) groups excluding carboxylic acids is 2. The molecule has 0 saturated carbocycles. The SMILES string of the molecule is CCCNC(=O)CN1CCC(NC(=O)c2ccc(NC#N)cc2)CC1. The summed E-state index contributed by atoms with van der Waals surface area (Å²) in [4.78, 5) is 26.1. The number of benzene rings is 1. The molecular formula is C18H25N5O2. The number of piperidine rings is 1. The fourth-order valence-corrected chi connectivity index (χ4v) is 2.80. The van der Waals surface area contributed by atoms with E-state index in [0.717, 1.165) is 32.4 Å². The Balaban J connectivity index is 1.74. The molecule has 0 bridgehead atoms. The van der Waals surface area contributed by atoms with Crippen molar-refractivity contribution in [1.29, 1.82) is 5.26 Å². The van der Waals surface area contributed by atoms with Gasteiger partial charge in [-0.3, -0.25) is 19.8 Å². The zero-order chi connectivity index (χ0) is 18.1. The maximum atomic E-state index is 12.3.